The van der Waals surface area contributed by atoms with Gasteiger partial charge in [0.05, 0.1) is 19.0 Å². The number of benzene rings is 1. The zero-order valence-corrected chi connectivity index (χ0v) is 14.5. The van der Waals surface area contributed by atoms with E-state index in [-0.39, 0.29) is 11.9 Å². The number of rotatable bonds is 6. The van der Waals surface area contributed by atoms with Crippen molar-refractivity contribution in [2.75, 3.05) is 0 Å². The lowest BCUT2D eigenvalue weighted by Crippen LogP contribution is -2.04. The molecule has 3 rings (SSSR count). The van der Waals surface area contributed by atoms with Crippen molar-refractivity contribution in [1.29, 1.82) is 0 Å². The number of halogens is 3. The Morgan fingerprint density at radius 2 is 2.00 bits per heavy atom. The van der Waals surface area contributed by atoms with Gasteiger partial charge >= 0.3 is 12.1 Å². The Morgan fingerprint density at radius 3 is 2.63 bits per heavy atom. The van der Waals surface area contributed by atoms with E-state index in [4.69, 9.17) is 4.84 Å². The van der Waals surface area contributed by atoms with E-state index in [1.807, 2.05) is 13.8 Å². The van der Waals surface area contributed by atoms with E-state index in [0.29, 0.717) is 12.1 Å². The number of oxime groups is 1. The van der Waals surface area contributed by atoms with Crippen LogP contribution in [0.1, 0.15) is 30.9 Å². The highest BCUT2D eigenvalue weighted by atomic mass is 19.4. The largest absolute Gasteiger partial charge is 0.471 e. The summed E-state index contributed by atoms with van der Waals surface area (Å²) >= 11 is 0. The monoisotopic (exact) mass is 379 g/mol. The zero-order valence-electron chi connectivity index (χ0n) is 14.5. The van der Waals surface area contributed by atoms with Crippen LogP contribution in [0.3, 0.4) is 0 Å². The standard InChI is InChI=1S/C17H16F3N5O2/c1-11(2)26-22-8-13-7-21-25(10-13)9-12-3-5-14(6-4-12)15-23-16(27-24-15)17(18,19)20/h3-8,10-11H,9H2,1-2H3. The minimum atomic E-state index is -4.66. The second-order valence-corrected chi connectivity index (χ2v) is 5.98. The second-order valence-electron chi connectivity index (χ2n) is 5.98. The summed E-state index contributed by atoms with van der Waals surface area (Å²) in [6, 6.07) is 6.78. The molecule has 142 valence electrons. The first kappa shape index (κ1) is 18.6. The Labute approximate surface area is 152 Å². The van der Waals surface area contributed by atoms with Crippen LogP contribution in [0.2, 0.25) is 0 Å². The first-order valence-electron chi connectivity index (χ1n) is 8.03. The molecule has 0 unspecified atom stereocenters. The average Bonchev–Trinajstić information content (AvgIpc) is 3.25. The quantitative estimate of drug-likeness (QED) is 0.481. The molecule has 0 saturated carbocycles. The van der Waals surface area contributed by atoms with Crippen LogP contribution < -0.4 is 0 Å². The fourth-order valence-corrected chi connectivity index (χ4v) is 2.15. The van der Waals surface area contributed by atoms with Gasteiger partial charge in [-0.2, -0.15) is 23.3 Å². The Morgan fingerprint density at radius 1 is 1.26 bits per heavy atom. The molecule has 7 nitrogen and oxygen atoms in total. The van der Waals surface area contributed by atoms with E-state index in [1.54, 1.807) is 47.6 Å². The number of alkyl halides is 3. The van der Waals surface area contributed by atoms with Crippen LogP contribution in [0.15, 0.2) is 46.3 Å². The van der Waals surface area contributed by atoms with E-state index >= 15 is 0 Å². The summed E-state index contributed by atoms with van der Waals surface area (Å²) in [6.45, 7) is 4.24. The van der Waals surface area contributed by atoms with Gasteiger partial charge in [0.1, 0.15) is 6.10 Å². The van der Waals surface area contributed by atoms with Gasteiger partial charge in [0.15, 0.2) is 0 Å². The molecule has 0 radical (unpaired) electrons. The molecule has 0 N–H and O–H groups in total. The van der Waals surface area contributed by atoms with Crippen LogP contribution in [0.5, 0.6) is 0 Å². The third-order valence-corrected chi connectivity index (χ3v) is 3.35. The minimum absolute atomic E-state index is 0.00114. The van der Waals surface area contributed by atoms with E-state index in [1.165, 1.54) is 0 Å². The molecule has 3 aromatic rings. The highest BCUT2D eigenvalue weighted by molar-refractivity contribution is 5.78. The molecular formula is C17H16F3N5O2. The average molecular weight is 379 g/mol. The van der Waals surface area contributed by atoms with Crippen molar-refractivity contribution in [2.24, 2.45) is 5.16 Å². The van der Waals surface area contributed by atoms with Crippen molar-refractivity contribution in [3.63, 3.8) is 0 Å². The first-order valence-corrected chi connectivity index (χ1v) is 8.03. The summed E-state index contributed by atoms with van der Waals surface area (Å²) in [5.74, 6) is -1.48. The summed E-state index contributed by atoms with van der Waals surface area (Å²) in [7, 11) is 0. The van der Waals surface area contributed by atoms with Gasteiger partial charge in [0, 0.05) is 17.3 Å². The summed E-state index contributed by atoms with van der Waals surface area (Å²) in [4.78, 5) is 8.46. The van der Waals surface area contributed by atoms with E-state index in [0.717, 1.165) is 11.1 Å². The normalized spacial score (nSPS) is 12.2. The molecule has 0 aliphatic heterocycles. The first-order chi connectivity index (χ1) is 12.8. The van der Waals surface area contributed by atoms with Crippen LogP contribution in [0.25, 0.3) is 11.4 Å². The molecule has 0 atom stereocenters. The topological polar surface area (TPSA) is 78.3 Å². The van der Waals surface area contributed by atoms with Gasteiger partial charge in [0.2, 0.25) is 5.82 Å². The van der Waals surface area contributed by atoms with Crippen LogP contribution >= 0.6 is 0 Å². The smallest absolute Gasteiger partial charge is 0.393 e. The molecule has 1 aromatic carbocycles. The lowest BCUT2D eigenvalue weighted by atomic mass is 10.1. The Bertz CT molecular complexity index is 913. The van der Waals surface area contributed by atoms with Crippen LogP contribution in [0, 0.1) is 0 Å². The molecule has 2 aromatic heterocycles. The zero-order chi connectivity index (χ0) is 19.4. The molecular weight excluding hydrogens is 363 g/mol. The molecule has 0 amide bonds. The molecule has 27 heavy (non-hydrogen) atoms. The minimum Gasteiger partial charge on any atom is -0.393 e. The van der Waals surface area contributed by atoms with Crippen molar-refractivity contribution >= 4 is 6.21 Å². The number of aromatic nitrogens is 4. The number of hydrogen-bond donors (Lipinski definition) is 0. The Hall–Kier alpha value is -3.17. The van der Waals surface area contributed by atoms with E-state index in [9.17, 15) is 13.2 Å². The summed E-state index contributed by atoms with van der Waals surface area (Å²) < 4.78 is 43.5. The van der Waals surface area contributed by atoms with Crippen molar-refractivity contribution < 1.29 is 22.5 Å². The fourth-order valence-electron chi connectivity index (χ4n) is 2.15. The third kappa shape index (κ3) is 4.93. The predicted molar refractivity (Wildman–Crippen MR) is 89.9 cm³/mol. The van der Waals surface area contributed by atoms with Crippen molar-refractivity contribution in [3.05, 3.63) is 53.7 Å². The molecule has 0 fully saturated rings. The van der Waals surface area contributed by atoms with Gasteiger partial charge in [-0.25, -0.2) is 0 Å². The Balaban J connectivity index is 1.65. The summed E-state index contributed by atoms with van der Waals surface area (Å²) in [5.41, 5.74) is 2.12. The number of nitrogens with zero attached hydrogens (tertiary/aromatic N) is 5. The predicted octanol–water partition coefficient (Wildman–Crippen LogP) is 3.76. The number of hydrogen-bond acceptors (Lipinski definition) is 6. The van der Waals surface area contributed by atoms with Gasteiger partial charge in [-0.05, 0) is 19.4 Å². The van der Waals surface area contributed by atoms with Gasteiger partial charge in [-0.3, -0.25) is 4.68 Å². The SMILES string of the molecule is CC(C)ON=Cc1cnn(Cc2ccc(-c3noc(C(F)(F)F)n3)cc2)c1. The van der Waals surface area contributed by atoms with E-state index < -0.39 is 12.1 Å². The molecule has 0 saturated heterocycles. The maximum atomic E-state index is 12.5. The van der Waals surface area contributed by atoms with Crippen LogP contribution in [-0.4, -0.2) is 32.2 Å². The van der Waals surface area contributed by atoms with Crippen molar-refractivity contribution in [1.82, 2.24) is 19.9 Å². The molecule has 0 bridgehead atoms. The third-order valence-electron chi connectivity index (χ3n) is 3.35. The summed E-state index contributed by atoms with van der Waals surface area (Å²) in [6.07, 6.45) is 0.365. The molecule has 2 heterocycles. The van der Waals surface area contributed by atoms with Crippen molar-refractivity contribution in [2.45, 2.75) is 32.7 Å². The van der Waals surface area contributed by atoms with E-state index in [2.05, 4.69) is 24.9 Å². The lowest BCUT2D eigenvalue weighted by Gasteiger charge is -2.02. The maximum absolute atomic E-state index is 12.5. The highest BCUT2D eigenvalue weighted by Gasteiger charge is 2.38. The van der Waals surface area contributed by atoms with Crippen LogP contribution in [0.4, 0.5) is 13.2 Å². The molecule has 10 heteroatoms. The van der Waals surface area contributed by atoms with Gasteiger partial charge in [-0.1, -0.05) is 34.6 Å². The Kier molecular flexibility index (Phi) is 5.24. The molecule has 0 aliphatic rings. The van der Waals surface area contributed by atoms with Gasteiger partial charge in [0.25, 0.3) is 0 Å². The van der Waals surface area contributed by atoms with Gasteiger partial charge in [-0.15, -0.1) is 0 Å². The maximum Gasteiger partial charge on any atom is 0.471 e. The van der Waals surface area contributed by atoms with Crippen molar-refractivity contribution in [3.8, 4) is 11.4 Å². The molecule has 0 aliphatic carbocycles. The fraction of sp³-hybridized carbons (Fsp3) is 0.294. The highest BCUT2D eigenvalue weighted by Crippen LogP contribution is 2.29. The van der Waals surface area contributed by atoms with Crippen LogP contribution in [-0.2, 0) is 17.6 Å². The lowest BCUT2D eigenvalue weighted by molar-refractivity contribution is -0.159. The molecule has 0 spiro atoms. The van der Waals surface area contributed by atoms with Gasteiger partial charge < -0.3 is 9.36 Å². The second kappa shape index (κ2) is 7.60. The summed E-state index contributed by atoms with van der Waals surface area (Å²) in [5, 5.41) is 11.4.